The van der Waals surface area contributed by atoms with Gasteiger partial charge in [0.05, 0.1) is 0 Å². The van der Waals surface area contributed by atoms with Crippen molar-refractivity contribution in [3.05, 3.63) is 65.2 Å². The zero-order valence-corrected chi connectivity index (χ0v) is 11.2. The highest BCUT2D eigenvalue weighted by Gasteiger charge is 2.06. The van der Waals surface area contributed by atoms with Crippen molar-refractivity contribution in [2.75, 3.05) is 5.32 Å². The lowest BCUT2D eigenvalue weighted by Gasteiger charge is -2.06. The van der Waals surface area contributed by atoms with E-state index in [-0.39, 0.29) is 5.91 Å². The lowest BCUT2D eigenvalue weighted by Crippen LogP contribution is -2.13. The van der Waals surface area contributed by atoms with Gasteiger partial charge in [0, 0.05) is 16.8 Å². The van der Waals surface area contributed by atoms with Crippen LogP contribution in [0.4, 0.5) is 5.69 Å². The normalized spacial score (nSPS) is 10.1. The van der Waals surface area contributed by atoms with Gasteiger partial charge in [0.25, 0.3) is 5.91 Å². The summed E-state index contributed by atoms with van der Waals surface area (Å²) in [5, 5.41) is 2.77. The second kappa shape index (κ2) is 6.02. The van der Waals surface area contributed by atoms with Crippen LogP contribution in [0.3, 0.4) is 0 Å². The molecule has 0 heterocycles. The molecule has 20 heavy (non-hydrogen) atoms. The van der Waals surface area contributed by atoms with E-state index in [1.165, 1.54) is 5.56 Å². The van der Waals surface area contributed by atoms with E-state index in [9.17, 15) is 9.59 Å². The van der Waals surface area contributed by atoms with E-state index in [1.54, 1.807) is 36.4 Å². The van der Waals surface area contributed by atoms with Gasteiger partial charge in [-0.2, -0.15) is 0 Å². The van der Waals surface area contributed by atoms with Crippen LogP contribution in [0.1, 0.15) is 33.2 Å². The number of primary amides is 1. The number of hydrogen-bond donors (Lipinski definition) is 2. The van der Waals surface area contributed by atoms with Gasteiger partial charge < -0.3 is 11.1 Å². The smallest absolute Gasteiger partial charge is 0.255 e. The average molecular weight is 268 g/mol. The van der Waals surface area contributed by atoms with Crippen molar-refractivity contribution in [1.82, 2.24) is 0 Å². The standard InChI is InChI=1S/C16H16N2O2/c1-2-11-3-5-13(6-4-11)16(20)18-14-9-7-12(8-10-14)15(17)19/h3-10H,2H2,1H3,(H2,17,19)(H,18,20). The molecule has 0 aliphatic rings. The molecule has 0 aliphatic heterocycles. The Hall–Kier alpha value is -2.62. The minimum Gasteiger partial charge on any atom is -0.366 e. The summed E-state index contributed by atoms with van der Waals surface area (Å²) < 4.78 is 0. The Bertz CT molecular complexity index is 616. The summed E-state index contributed by atoms with van der Waals surface area (Å²) in [6.07, 6.45) is 0.941. The lowest BCUT2D eigenvalue weighted by atomic mass is 10.1. The second-order valence-corrected chi connectivity index (χ2v) is 4.45. The average Bonchev–Trinajstić information content (AvgIpc) is 2.48. The Labute approximate surface area is 117 Å². The summed E-state index contributed by atoms with van der Waals surface area (Å²) in [7, 11) is 0. The third-order valence-electron chi connectivity index (χ3n) is 3.05. The van der Waals surface area contributed by atoms with E-state index in [0.29, 0.717) is 16.8 Å². The number of rotatable bonds is 4. The molecule has 0 saturated heterocycles. The summed E-state index contributed by atoms with van der Waals surface area (Å²) in [6, 6.07) is 13.9. The monoisotopic (exact) mass is 268 g/mol. The fourth-order valence-electron chi connectivity index (χ4n) is 1.81. The first-order valence-electron chi connectivity index (χ1n) is 6.40. The molecule has 2 aromatic carbocycles. The van der Waals surface area contributed by atoms with Gasteiger partial charge in [-0.15, -0.1) is 0 Å². The maximum absolute atomic E-state index is 12.0. The number of aryl methyl sites for hydroxylation is 1. The topological polar surface area (TPSA) is 72.2 Å². The van der Waals surface area contributed by atoms with Gasteiger partial charge in [0.2, 0.25) is 5.91 Å². The highest BCUT2D eigenvalue weighted by Crippen LogP contribution is 2.12. The van der Waals surface area contributed by atoms with Crippen molar-refractivity contribution in [3.8, 4) is 0 Å². The fraction of sp³-hybridized carbons (Fsp3) is 0.125. The number of carbonyl (C=O) groups excluding carboxylic acids is 2. The summed E-state index contributed by atoms with van der Waals surface area (Å²) in [6.45, 7) is 2.06. The van der Waals surface area contributed by atoms with E-state index >= 15 is 0 Å². The largest absolute Gasteiger partial charge is 0.366 e. The molecule has 0 radical (unpaired) electrons. The van der Waals surface area contributed by atoms with Crippen molar-refractivity contribution < 1.29 is 9.59 Å². The third kappa shape index (κ3) is 3.23. The highest BCUT2D eigenvalue weighted by molar-refractivity contribution is 6.04. The number of benzene rings is 2. The fourth-order valence-corrected chi connectivity index (χ4v) is 1.81. The van der Waals surface area contributed by atoms with Gasteiger partial charge >= 0.3 is 0 Å². The number of carbonyl (C=O) groups is 2. The summed E-state index contributed by atoms with van der Waals surface area (Å²) in [5.74, 6) is -0.669. The van der Waals surface area contributed by atoms with Gasteiger partial charge in [-0.05, 0) is 48.4 Å². The van der Waals surface area contributed by atoms with Crippen LogP contribution in [0.5, 0.6) is 0 Å². The van der Waals surface area contributed by atoms with Gasteiger partial charge in [-0.25, -0.2) is 0 Å². The van der Waals surface area contributed by atoms with Crippen LogP contribution in [-0.2, 0) is 6.42 Å². The second-order valence-electron chi connectivity index (χ2n) is 4.45. The van der Waals surface area contributed by atoms with Crippen molar-refractivity contribution in [3.63, 3.8) is 0 Å². The van der Waals surface area contributed by atoms with Crippen LogP contribution < -0.4 is 11.1 Å². The number of hydrogen-bond acceptors (Lipinski definition) is 2. The van der Waals surface area contributed by atoms with Crippen LogP contribution in [0.15, 0.2) is 48.5 Å². The molecule has 2 amide bonds. The van der Waals surface area contributed by atoms with E-state index in [0.717, 1.165) is 6.42 Å². The number of anilines is 1. The number of amides is 2. The van der Waals surface area contributed by atoms with Crippen molar-refractivity contribution >= 4 is 17.5 Å². The molecule has 3 N–H and O–H groups in total. The molecule has 0 unspecified atom stereocenters. The molecule has 0 spiro atoms. The summed E-state index contributed by atoms with van der Waals surface area (Å²) in [5.41, 5.74) is 7.98. The maximum atomic E-state index is 12.0. The Morgan fingerprint density at radius 1 is 0.950 bits per heavy atom. The Balaban J connectivity index is 2.08. The summed E-state index contributed by atoms with van der Waals surface area (Å²) >= 11 is 0. The van der Waals surface area contributed by atoms with Gasteiger partial charge in [0.1, 0.15) is 0 Å². The zero-order chi connectivity index (χ0) is 14.5. The first-order valence-corrected chi connectivity index (χ1v) is 6.40. The Kier molecular flexibility index (Phi) is 4.15. The van der Waals surface area contributed by atoms with Crippen LogP contribution >= 0.6 is 0 Å². The first-order chi connectivity index (χ1) is 9.60. The molecule has 0 saturated carbocycles. The molecule has 102 valence electrons. The molecule has 0 aliphatic carbocycles. The molecule has 0 atom stereocenters. The molecule has 2 aromatic rings. The summed E-state index contributed by atoms with van der Waals surface area (Å²) in [4.78, 5) is 23.0. The lowest BCUT2D eigenvalue weighted by molar-refractivity contribution is 0.0998. The molecule has 0 aromatic heterocycles. The van der Waals surface area contributed by atoms with Crippen molar-refractivity contribution in [1.29, 1.82) is 0 Å². The minimum absolute atomic E-state index is 0.181. The SMILES string of the molecule is CCc1ccc(C(=O)Nc2ccc(C(N)=O)cc2)cc1. The molecule has 4 nitrogen and oxygen atoms in total. The van der Waals surface area contributed by atoms with Crippen molar-refractivity contribution in [2.24, 2.45) is 5.73 Å². The van der Waals surface area contributed by atoms with Crippen LogP contribution in [0.2, 0.25) is 0 Å². The van der Waals surface area contributed by atoms with E-state index in [1.807, 2.05) is 12.1 Å². The minimum atomic E-state index is -0.488. The molecule has 0 bridgehead atoms. The third-order valence-corrected chi connectivity index (χ3v) is 3.05. The molecular formula is C16H16N2O2. The van der Waals surface area contributed by atoms with E-state index < -0.39 is 5.91 Å². The zero-order valence-electron chi connectivity index (χ0n) is 11.2. The van der Waals surface area contributed by atoms with Gasteiger partial charge in [-0.1, -0.05) is 19.1 Å². The van der Waals surface area contributed by atoms with Crippen LogP contribution in [0, 0.1) is 0 Å². The maximum Gasteiger partial charge on any atom is 0.255 e. The van der Waals surface area contributed by atoms with Gasteiger partial charge in [-0.3, -0.25) is 9.59 Å². The predicted octanol–water partition coefficient (Wildman–Crippen LogP) is 2.60. The Morgan fingerprint density at radius 2 is 1.50 bits per heavy atom. The number of nitrogens with one attached hydrogen (secondary N) is 1. The van der Waals surface area contributed by atoms with E-state index in [2.05, 4.69) is 12.2 Å². The Morgan fingerprint density at radius 3 is 2.00 bits per heavy atom. The van der Waals surface area contributed by atoms with Crippen LogP contribution in [0.25, 0.3) is 0 Å². The van der Waals surface area contributed by atoms with E-state index in [4.69, 9.17) is 5.73 Å². The molecule has 4 heteroatoms. The highest BCUT2D eigenvalue weighted by atomic mass is 16.2. The number of nitrogens with two attached hydrogens (primary N) is 1. The van der Waals surface area contributed by atoms with Crippen LogP contribution in [-0.4, -0.2) is 11.8 Å². The molecule has 0 fully saturated rings. The molecule has 2 rings (SSSR count). The van der Waals surface area contributed by atoms with Crippen molar-refractivity contribution in [2.45, 2.75) is 13.3 Å². The predicted molar refractivity (Wildman–Crippen MR) is 78.7 cm³/mol. The quantitative estimate of drug-likeness (QED) is 0.894. The first kappa shape index (κ1) is 13.8. The van der Waals surface area contributed by atoms with Gasteiger partial charge in [0.15, 0.2) is 0 Å². The molecular weight excluding hydrogens is 252 g/mol.